The van der Waals surface area contributed by atoms with Gasteiger partial charge in [-0.2, -0.15) is 0 Å². The summed E-state index contributed by atoms with van der Waals surface area (Å²) in [7, 11) is 0. The number of nitrogens with zero attached hydrogens (tertiary/aromatic N) is 1. The zero-order valence-electron chi connectivity index (χ0n) is 26.1. The van der Waals surface area contributed by atoms with Gasteiger partial charge in [0, 0.05) is 0 Å². The van der Waals surface area contributed by atoms with Gasteiger partial charge in [-0.1, -0.05) is 162 Å². The second-order valence-corrected chi connectivity index (χ2v) is 12.2. The number of imidazole rings is 1. The predicted octanol–water partition coefficient (Wildman–Crippen LogP) is 12.1. The molecule has 0 saturated carbocycles. The van der Waals surface area contributed by atoms with Crippen molar-refractivity contribution in [3.05, 3.63) is 18.2 Å². The van der Waals surface area contributed by atoms with Gasteiger partial charge in [-0.3, -0.25) is 0 Å². The Hall–Kier alpha value is -0.790. The lowest BCUT2D eigenvalue weighted by Crippen LogP contribution is -2.41. The molecule has 1 aromatic rings. The van der Waals surface area contributed by atoms with Crippen LogP contribution < -0.4 is 4.57 Å². The quantitative estimate of drug-likeness (QED) is 0.0842. The van der Waals surface area contributed by atoms with E-state index in [4.69, 9.17) is 0 Å². The summed E-state index contributed by atoms with van der Waals surface area (Å²) in [6, 6.07) is 0.622. The summed E-state index contributed by atoms with van der Waals surface area (Å²) in [5.74, 6) is 2.24. The van der Waals surface area contributed by atoms with E-state index in [1.54, 1.807) is 0 Å². The van der Waals surface area contributed by atoms with E-state index in [9.17, 15) is 0 Å². The van der Waals surface area contributed by atoms with Crippen molar-refractivity contribution in [1.29, 1.82) is 0 Å². The highest BCUT2D eigenvalue weighted by molar-refractivity contribution is 4.90. The van der Waals surface area contributed by atoms with Crippen LogP contribution in [-0.4, -0.2) is 4.98 Å². The minimum absolute atomic E-state index is 0.622. The van der Waals surface area contributed by atoms with Crippen LogP contribution in [0.3, 0.4) is 0 Å². The molecule has 0 amide bonds. The number of hydrogen-bond acceptors (Lipinski definition) is 0. The van der Waals surface area contributed by atoms with Crippen LogP contribution in [0.15, 0.2) is 12.4 Å². The Balaban J connectivity index is 2.42. The number of H-pyrrole nitrogens is 1. The average Bonchev–Trinajstić information content (AvgIpc) is 3.40. The molecule has 0 aliphatic heterocycles. The van der Waals surface area contributed by atoms with Crippen molar-refractivity contribution < 1.29 is 4.57 Å². The summed E-state index contributed by atoms with van der Waals surface area (Å²) >= 11 is 0. The molecule has 1 aromatic heterocycles. The van der Waals surface area contributed by atoms with Crippen molar-refractivity contribution in [3.8, 4) is 0 Å². The lowest BCUT2D eigenvalue weighted by molar-refractivity contribution is -0.727. The SMILES string of the molecule is CCCCCCCCCCCCCC(CCCCCCC)c1[nH]cc[n+]1C(C)CCCCCCCCC. The van der Waals surface area contributed by atoms with Crippen LogP contribution in [0.5, 0.6) is 0 Å². The van der Waals surface area contributed by atoms with Gasteiger partial charge < -0.3 is 0 Å². The van der Waals surface area contributed by atoms with Crippen molar-refractivity contribution in [3.63, 3.8) is 0 Å². The molecule has 0 spiro atoms. The van der Waals surface area contributed by atoms with Crippen LogP contribution in [0, 0.1) is 0 Å². The topological polar surface area (TPSA) is 19.7 Å². The van der Waals surface area contributed by atoms with Crippen LogP contribution in [0.1, 0.15) is 212 Å². The molecule has 0 bridgehead atoms. The van der Waals surface area contributed by atoms with Crippen LogP contribution in [-0.2, 0) is 0 Å². The molecule has 2 heteroatoms. The minimum Gasteiger partial charge on any atom is -0.247 e. The third kappa shape index (κ3) is 18.2. The zero-order chi connectivity index (χ0) is 26.8. The number of hydrogen-bond donors (Lipinski definition) is 1. The largest absolute Gasteiger partial charge is 0.257 e. The van der Waals surface area contributed by atoms with E-state index in [1.807, 2.05) is 0 Å². The van der Waals surface area contributed by atoms with Gasteiger partial charge in [-0.05, 0) is 32.6 Å². The summed E-state index contributed by atoms with van der Waals surface area (Å²) in [5, 5.41) is 0. The van der Waals surface area contributed by atoms with Gasteiger partial charge in [0.25, 0.3) is 5.82 Å². The van der Waals surface area contributed by atoms with E-state index >= 15 is 0 Å². The number of nitrogens with one attached hydrogen (secondary N) is 1. The third-order valence-electron chi connectivity index (χ3n) is 8.64. The first kappa shape index (κ1) is 34.2. The zero-order valence-corrected chi connectivity index (χ0v) is 26.1. The Morgan fingerprint density at radius 1 is 0.514 bits per heavy atom. The molecule has 2 atom stereocenters. The molecule has 37 heavy (non-hydrogen) atoms. The van der Waals surface area contributed by atoms with Crippen LogP contribution in [0.4, 0.5) is 0 Å². The Morgan fingerprint density at radius 2 is 0.865 bits per heavy atom. The van der Waals surface area contributed by atoms with Crippen LogP contribution in [0.25, 0.3) is 0 Å². The first-order valence-electron chi connectivity index (χ1n) is 17.3. The van der Waals surface area contributed by atoms with Crippen molar-refractivity contribution in [2.75, 3.05) is 0 Å². The lowest BCUT2D eigenvalue weighted by atomic mass is 9.93. The molecule has 0 fully saturated rings. The molecule has 1 rings (SSSR count). The first-order valence-corrected chi connectivity index (χ1v) is 17.3. The summed E-state index contributed by atoms with van der Waals surface area (Å²) in [6.45, 7) is 9.39. The molecular weight excluding hydrogens is 448 g/mol. The van der Waals surface area contributed by atoms with E-state index in [-0.39, 0.29) is 0 Å². The Kier molecular flexibility index (Phi) is 23.6. The maximum absolute atomic E-state index is 3.72. The second-order valence-electron chi connectivity index (χ2n) is 12.2. The highest BCUT2D eigenvalue weighted by Crippen LogP contribution is 2.27. The molecule has 0 aliphatic rings. The second kappa shape index (κ2) is 25.5. The fraction of sp³-hybridized carbons (Fsp3) is 0.914. The first-order chi connectivity index (χ1) is 18.2. The van der Waals surface area contributed by atoms with E-state index in [0.717, 1.165) is 0 Å². The molecule has 0 radical (unpaired) electrons. The normalized spacial score (nSPS) is 13.3. The molecular formula is C35H69N2+. The van der Waals surface area contributed by atoms with Crippen molar-refractivity contribution in [1.82, 2.24) is 4.98 Å². The summed E-state index contributed by atoms with van der Waals surface area (Å²) in [5.41, 5.74) is 0. The van der Waals surface area contributed by atoms with Gasteiger partial charge in [0.2, 0.25) is 0 Å². The Bertz CT molecular complexity index is 578. The molecule has 2 nitrogen and oxygen atoms in total. The number of aromatic nitrogens is 2. The predicted molar refractivity (Wildman–Crippen MR) is 166 cm³/mol. The number of unbranched alkanes of at least 4 members (excludes halogenated alkanes) is 20. The highest BCUT2D eigenvalue weighted by atomic mass is 15.1. The monoisotopic (exact) mass is 518 g/mol. The summed E-state index contributed by atoms with van der Waals surface area (Å²) in [4.78, 5) is 3.72. The minimum atomic E-state index is 0.622. The maximum Gasteiger partial charge on any atom is 0.257 e. The molecule has 0 aliphatic carbocycles. The lowest BCUT2D eigenvalue weighted by Gasteiger charge is -2.17. The van der Waals surface area contributed by atoms with Crippen molar-refractivity contribution in [2.24, 2.45) is 0 Å². The van der Waals surface area contributed by atoms with Crippen molar-refractivity contribution in [2.45, 2.75) is 207 Å². The van der Waals surface area contributed by atoms with Gasteiger partial charge in [0.05, 0.1) is 12.0 Å². The van der Waals surface area contributed by atoms with E-state index in [0.29, 0.717) is 12.0 Å². The molecule has 2 unspecified atom stereocenters. The Labute approximate surface area is 234 Å². The van der Waals surface area contributed by atoms with Crippen molar-refractivity contribution >= 4 is 0 Å². The van der Waals surface area contributed by atoms with E-state index < -0.39 is 0 Å². The van der Waals surface area contributed by atoms with E-state index in [1.165, 1.54) is 173 Å². The van der Waals surface area contributed by atoms with Gasteiger partial charge in [-0.15, -0.1) is 0 Å². The maximum atomic E-state index is 3.72. The molecule has 1 heterocycles. The summed E-state index contributed by atoms with van der Waals surface area (Å²) < 4.78 is 2.62. The number of aromatic amines is 1. The van der Waals surface area contributed by atoms with Gasteiger partial charge >= 0.3 is 0 Å². The molecule has 218 valence electrons. The van der Waals surface area contributed by atoms with Crippen LogP contribution in [0.2, 0.25) is 0 Å². The molecule has 0 saturated heterocycles. The Morgan fingerprint density at radius 3 is 1.27 bits per heavy atom. The van der Waals surface area contributed by atoms with Gasteiger partial charge in [0.15, 0.2) is 0 Å². The van der Waals surface area contributed by atoms with Crippen LogP contribution >= 0.6 is 0 Å². The standard InChI is InChI=1S/C35H68N2/c1-5-8-11-14-16-17-18-19-21-24-27-30-34(29-26-22-13-10-7-3)35-36-31-32-37(35)33(4)28-25-23-20-15-12-9-6-2/h31-34H,5-30H2,1-4H3/p+1. The average molecular weight is 518 g/mol. The fourth-order valence-electron chi connectivity index (χ4n) is 6.07. The van der Waals surface area contributed by atoms with E-state index in [2.05, 4.69) is 49.6 Å². The van der Waals surface area contributed by atoms with Gasteiger partial charge in [-0.25, -0.2) is 9.55 Å². The molecule has 0 aromatic carbocycles. The summed E-state index contributed by atoms with van der Waals surface area (Å²) in [6.07, 6.45) is 41.2. The third-order valence-corrected chi connectivity index (χ3v) is 8.64. The number of rotatable bonds is 28. The fourth-order valence-corrected chi connectivity index (χ4v) is 6.07. The van der Waals surface area contributed by atoms with Gasteiger partial charge in [0.1, 0.15) is 12.4 Å². The highest BCUT2D eigenvalue weighted by Gasteiger charge is 2.25. The smallest absolute Gasteiger partial charge is 0.247 e. The molecule has 1 N–H and O–H groups in total.